The molecule has 0 fully saturated rings. The molecular weight excluding hydrogens is 750 g/mol. The minimum atomic E-state index is -0.0539. The third-order valence-corrected chi connectivity index (χ3v) is 8.16. The summed E-state index contributed by atoms with van der Waals surface area (Å²) in [5.41, 5.74) is 8.55. The van der Waals surface area contributed by atoms with Crippen LogP contribution in [0.3, 0.4) is 0 Å². The van der Waals surface area contributed by atoms with Crippen molar-refractivity contribution in [2.45, 2.75) is 40.0 Å². The van der Waals surface area contributed by atoms with Gasteiger partial charge in [-0.1, -0.05) is 56.6 Å². The van der Waals surface area contributed by atoms with Crippen molar-refractivity contribution in [2.24, 2.45) is 0 Å². The Bertz CT molecular complexity index is 2260. The first-order valence-corrected chi connectivity index (χ1v) is 14.9. The zero-order valence-electron chi connectivity index (χ0n) is 26.2. The second-order valence-electron chi connectivity index (χ2n) is 12.4. The number of aryl methyl sites for hydroxylation is 2. The molecule has 0 N–H and O–H groups in total. The van der Waals surface area contributed by atoms with Gasteiger partial charge < -0.3 is 13.9 Å². The zero-order valence-corrected chi connectivity index (χ0v) is 28.5. The van der Waals surface area contributed by atoms with E-state index in [1.165, 1.54) is 11.1 Å². The van der Waals surface area contributed by atoms with E-state index in [0.29, 0.717) is 17.1 Å². The van der Waals surface area contributed by atoms with Crippen molar-refractivity contribution in [3.05, 3.63) is 132 Å². The van der Waals surface area contributed by atoms with Gasteiger partial charge in [-0.15, -0.1) is 41.3 Å². The number of nitriles is 1. The molecule has 0 saturated heterocycles. The number of aromatic nitrogens is 4. The van der Waals surface area contributed by atoms with Crippen molar-refractivity contribution in [1.29, 1.82) is 5.26 Å². The molecule has 3 aromatic heterocycles. The number of hydrogen-bond donors (Lipinski definition) is 0. The van der Waals surface area contributed by atoms with Gasteiger partial charge in [0.2, 0.25) is 0 Å². The summed E-state index contributed by atoms with van der Waals surface area (Å²) in [6.07, 6.45) is 5.70. The maximum Gasteiger partial charge on any atom is 2.00 e. The molecule has 0 atom stereocenters. The third kappa shape index (κ3) is 5.64. The zero-order chi connectivity index (χ0) is 31.3. The minimum Gasteiger partial charge on any atom is -0.503 e. The van der Waals surface area contributed by atoms with Crippen molar-refractivity contribution in [2.75, 3.05) is 0 Å². The second-order valence-corrected chi connectivity index (χ2v) is 12.4. The number of rotatable bonds is 5. The van der Waals surface area contributed by atoms with Gasteiger partial charge in [0.05, 0.1) is 23.6 Å². The Morgan fingerprint density at radius 3 is 2.33 bits per heavy atom. The predicted octanol–water partition coefficient (Wildman–Crippen LogP) is 9.21. The van der Waals surface area contributed by atoms with Crippen LogP contribution in [0.15, 0.2) is 97.6 Å². The first-order chi connectivity index (χ1) is 21.7. The standard InChI is InChI=1S/C39H31N5O.Pt/c1-25-8-6-9-26(2)38(25)43-23-34(42-24-43)28-10-7-11-30(19-28)45-31-13-15-33-32-14-12-27(22-40)18-35(32)44(36(33)21-31)37-20-29(16-17-41-37)39(3,4)5;/h6-18,20,23-24H,1-5H3;/q-2;+2. The molecular formula is C39H31N5OPt. The number of para-hydroxylation sites is 1. The molecule has 6 nitrogen and oxygen atoms in total. The summed E-state index contributed by atoms with van der Waals surface area (Å²) in [5, 5.41) is 11.7. The normalized spacial score (nSPS) is 11.4. The van der Waals surface area contributed by atoms with E-state index in [-0.39, 0.29) is 26.5 Å². The van der Waals surface area contributed by atoms with Gasteiger partial charge >= 0.3 is 21.1 Å². The average molecular weight is 781 g/mol. The fraction of sp³-hybridized carbons (Fsp3) is 0.154. The topological polar surface area (TPSA) is 68.7 Å². The molecule has 0 spiro atoms. The number of imidazole rings is 1. The van der Waals surface area contributed by atoms with Crippen LogP contribution in [0.4, 0.5) is 0 Å². The first kappa shape index (κ1) is 31.0. The van der Waals surface area contributed by atoms with Crippen LogP contribution in [-0.4, -0.2) is 19.1 Å². The van der Waals surface area contributed by atoms with Crippen LogP contribution < -0.4 is 4.74 Å². The summed E-state index contributed by atoms with van der Waals surface area (Å²) in [6.45, 7) is 10.8. The molecule has 0 aliphatic carbocycles. The Balaban J connectivity index is 0.00000372. The van der Waals surface area contributed by atoms with Gasteiger partial charge in [-0.05, 0) is 71.8 Å². The van der Waals surface area contributed by atoms with Crippen LogP contribution >= 0.6 is 0 Å². The Morgan fingerprint density at radius 1 is 0.826 bits per heavy atom. The number of pyridine rings is 1. The summed E-state index contributed by atoms with van der Waals surface area (Å²) in [4.78, 5) is 9.43. The van der Waals surface area contributed by atoms with Crippen molar-refractivity contribution >= 4 is 21.8 Å². The van der Waals surface area contributed by atoms with Gasteiger partial charge in [0.25, 0.3) is 0 Å². The summed E-state index contributed by atoms with van der Waals surface area (Å²) < 4.78 is 10.5. The van der Waals surface area contributed by atoms with Crippen LogP contribution in [0.2, 0.25) is 0 Å². The van der Waals surface area contributed by atoms with Crippen LogP contribution in [0.5, 0.6) is 11.5 Å². The quantitative estimate of drug-likeness (QED) is 0.164. The van der Waals surface area contributed by atoms with Crippen LogP contribution in [-0.2, 0) is 26.5 Å². The Kier molecular flexibility index (Phi) is 8.15. The van der Waals surface area contributed by atoms with Crippen LogP contribution in [0, 0.1) is 37.3 Å². The summed E-state index contributed by atoms with van der Waals surface area (Å²) in [6, 6.07) is 35.1. The Labute approximate surface area is 283 Å². The van der Waals surface area contributed by atoms with E-state index in [4.69, 9.17) is 9.72 Å². The molecule has 0 amide bonds. The van der Waals surface area contributed by atoms with Gasteiger partial charge in [0.1, 0.15) is 5.82 Å². The van der Waals surface area contributed by atoms with E-state index < -0.39 is 0 Å². The SMILES string of the molecule is Cc1cccc(C)c1-n1cnc(-c2[c-]c(Oc3[c-]c4c(cc3)c3ccc(C#N)cc3n4-c3cc(C(C)(C)C)ccn3)ccc2)c1.[Pt+2]. The van der Waals surface area contributed by atoms with Gasteiger partial charge in [-0.3, -0.25) is 4.98 Å². The van der Waals surface area contributed by atoms with Gasteiger partial charge in [0.15, 0.2) is 0 Å². The van der Waals surface area contributed by atoms with Crippen molar-refractivity contribution in [3.8, 4) is 40.3 Å². The van der Waals surface area contributed by atoms with E-state index in [2.05, 4.69) is 91.2 Å². The van der Waals surface area contributed by atoms with Gasteiger partial charge in [0, 0.05) is 28.9 Å². The fourth-order valence-corrected chi connectivity index (χ4v) is 5.87. The average Bonchev–Trinajstić information content (AvgIpc) is 3.63. The largest absolute Gasteiger partial charge is 2.00 e. The molecule has 3 heterocycles. The number of hydrogen-bond acceptors (Lipinski definition) is 4. The van der Waals surface area contributed by atoms with Gasteiger partial charge in [-0.25, -0.2) is 4.98 Å². The molecule has 0 unspecified atom stereocenters. The van der Waals surface area contributed by atoms with E-state index >= 15 is 0 Å². The summed E-state index contributed by atoms with van der Waals surface area (Å²) >= 11 is 0. The Morgan fingerprint density at radius 2 is 1.57 bits per heavy atom. The maximum absolute atomic E-state index is 9.67. The molecule has 0 aliphatic rings. The smallest absolute Gasteiger partial charge is 0.503 e. The molecule has 0 saturated carbocycles. The number of ether oxygens (including phenoxy) is 1. The van der Waals surface area contributed by atoms with E-state index in [9.17, 15) is 5.26 Å². The van der Waals surface area contributed by atoms with E-state index in [1.807, 2.05) is 73.3 Å². The third-order valence-electron chi connectivity index (χ3n) is 8.16. The molecule has 46 heavy (non-hydrogen) atoms. The molecule has 0 bridgehead atoms. The number of nitrogens with zero attached hydrogens (tertiary/aromatic N) is 5. The molecule has 228 valence electrons. The number of benzene rings is 4. The molecule has 7 rings (SSSR count). The molecule has 7 aromatic rings. The maximum atomic E-state index is 9.67. The van der Waals surface area contributed by atoms with Crippen LogP contribution in [0.1, 0.15) is 43.0 Å². The van der Waals surface area contributed by atoms with Crippen molar-refractivity contribution in [3.63, 3.8) is 0 Å². The monoisotopic (exact) mass is 780 g/mol. The molecule has 0 radical (unpaired) electrons. The summed E-state index contributed by atoms with van der Waals surface area (Å²) in [7, 11) is 0. The van der Waals surface area contributed by atoms with E-state index in [1.54, 1.807) is 0 Å². The molecule has 7 heteroatoms. The van der Waals surface area contributed by atoms with Crippen molar-refractivity contribution < 1.29 is 25.8 Å². The number of fused-ring (bicyclic) bond motifs is 3. The first-order valence-electron chi connectivity index (χ1n) is 14.9. The molecule has 0 aliphatic heterocycles. The summed E-state index contributed by atoms with van der Waals surface area (Å²) in [5.74, 6) is 1.87. The Hall–Kier alpha value is -4.98. The second kappa shape index (κ2) is 12.1. The fourth-order valence-electron chi connectivity index (χ4n) is 5.87. The van der Waals surface area contributed by atoms with E-state index in [0.717, 1.165) is 50.1 Å². The minimum absolute atomic E-state index is 0. The predicted molar refractivity (Wildman–Crippen MR) is 178 cm³/mol. The van der Waals surface area contributed by atoms with Crippen LogP contribution in [0.25, 0.3) is 44.6 Å². The van der Waals surface area contributed by atoms with Crippen molar-refractivity contribution in [1.82, 2.24) is 19.1 Å². The van der Waals surface area contributed by atoms with Gasteiger partial charge in [-0.2, -0.15) is 11.3 Å². The molecule has 4 aromatic carbocycles.